The Labute approximate surface area is 172 Å². The number of carbonyl (C=O) groups is 2. The minimum atomic E-state index is -0.637. The number of hydrogen-bond donors (Lipinski definition) is 1. The maximum atomic E-state index is 13.0. The molecule has 30 heavy (non-hydrogen) atoms. The van der Waals surface area contributed by atoms with Gasteiger partial charge in [-0.25, -0.2) is 14.6 Å². The highest BCUT2D eigenvalue weighted by atomic mass is 19.1. The van der Waals surface area contributed by atoms with Gasteiger partial charge in [-0.15, -0.1) is 0 Å². The molecule has 152 valence electrons. The Morgan fingerprint density at radius 1 is 1.03 bits per heavy atom. The van der Waals surface area contributed by atoms with Gasteiger partial charge in [0.1, 0.15) is 5.82 Å². The van der Waals surface area contributed by atoms with Crippen molar-refractivity contribution in [2.75, 3.05) is 6.61 Å². The predicted molar refractivity (Wildman–Crippen MR) is 108 cm³/mol. The van der Waals surface area contributed by atoms with Gasteiger partial charge in [-0.1, -0.05) is 0 Å². The quantitative estimate of drug-likeness (QED) is 0.280. The highest BCUT2D eigenvalue weighted by Gasteiger charge is 2.13. The summed E-state index contributed by atoms with van der Waals surface area (Å²) >= 11 is 0. The minimum Gasteiger partial charge on any atom is -0.490 e. The molecule has 0 aliphatic carbocycles. The first-order valence-corrected chi connectivity index (χ1v) is 9.05. The number of carbonyl (C=O) groups excluding carboxylic acids is 2. The number of benzene rings is 2. The maximum absolute atomic E-state index is 13.0. The van der Waals surface area contributed by atoms with Crippen LogP contribution in [-0.4, -0.2) is 29.7 Å². The molecular formula is C22H18FN3O4. The molecule has 2 aromatic carbocycles. The first kappa shape index (κ1) is 20.7. The van der Waals surface area contributed by atoms with Crippen LogP contribution in [0.25, 0.3) is 0 Å². The standard InChI is InChI=1S/C22H18FN3O4/c1-2-29-20-13-15(14-25-26-21(27)16-9-11-24-12-10-16)3-8-19(20)30-22(28)17-4-6-18(23)7-5-17/h3-14H,2H2,1H3,(H,26,27)/b25-14+. The fourth-order valence-corrected chi connectivity index (χ4v) is 2.44. The summed E-state index contributed by atoms with van der Waals surface area (Å²) in [6.07, 6.45) is 4.46. The van der Waals surface area contributed by atoms with E-state index in [-0.39, 0.29) is 17.2 Å². The van der Waals surface area contributed by atoms with E-state index in [1.165, 1.54) is 42.9 Å². The Kier molecular flexibility index (Phi) is 6.83. The van der Waals surface area contributed by atoms with Crippen LogP contribution < -0.4 is 14.9 Å². The summed E-state index contributed by atoms with van der Waals surface area (Å²) in [5.41, 5.74) is 3.68. The Morgan fingerprint density at radius 3 is 2.47 bits per heavy atom. The van der Waals surface area contributed by atoms with Crippen molar-refractivity contribution < 1.29 is 23.5 Å². The van der Waals surface area contributed by atoms with Crippen LogP contribution in [0.5, 0.6) is 11.5 Å². The third-order valence-electron chi connectivity index (χ3n) is 3.87. The van der Waals surface area contributed by atoms with Crippen LogP contribution in [0.4, 0.5) is 4.39 Å². The van der Waals surface area contributed by atoms with Crippen molar-refractivity contribution in [1.29, 1.82) is 0 Å². The number of rotatable bonds is 7. The van der Waals surface area contributed by atoms with Gasteiger partial charge in [0.05, 0.1) is 18.4 Å². The third-order valence-corrected chi connectivity index (χ3v) is 3.87. The van der Waals surface area contributed by atoms with E-state index in [2.05, 4.69) is 15.5 Å². The Balaban J connectivity index is 1.70. The first-order valence-electron chi connectivity index (χ1n) is 9.05. The third kappa shape index (κ3) is 5.48. The smallest absolute Gasteiger partial charge is 0.343 e. The van der Waals surface area contributed by atoms with Crippen molar-refractivity contribution in [1.82, 2.24) is 10.4 Å². The molecule has 8 heteroatoms. The van der Waals surface area contributed by atoms with Gasteiger partial charge in [0.25, 0.3) is 5.91 Å². The highest BCUT2D eigenvalue weighted by molar-refractivity contribution is 5.95. The van der Waals surface area contributed by atoms with E-state index in [9.17, 15) is 14.0 Å². The zero-order chi connectivity index (χ0) is 21.3. The molecule has 1 N–H and O–H groups in total. The molecule has 3 aromatic rings. The van der Waals surface area contributed by atoms with E-state index < -0.39 is 11.8 Å². The van der Waals surface area contributed by atoms with E-state index in [4.69, 9.17) is 9.47 Å². The number of esters is 1. The van der Waals surface area contributed by atoms with Gasteiger partial charge in [0.15, 0.2) is 11.5 Å². The molecule has 1 aromatic heterocycles. The average Bonchev–Trinajstić information content (AvgIpc) is 2.76. The van der Waals surface area contributed by atoms with E-state index >= 15 is 0 Å². The lowest BCUT2D eigenvalue weighted by Gasteiger charge is -2.11. The first-order chi connectivity index (χ1) is 14.6. The molecule has 1 heterocycles. The van der Waals surface area contributed by atoms with Crippen LogP contribution in [-0.2, 0) is 0 Å². The number of amides is 1. The van der Waals surface area contributed by atoms with Crippen LogP contribution >= 0.6 is 0 Å². The summed E-state index contributed by atoms with van der Waals surface area (Å²) < 4.78 is 23.9. The zero-order valence-electron chi connectivity index (χ0n) is 16.0. The van der Waals surface area contributed by atoms with Crippen LogP contribution in [0, 0.1) is 5.82 Å². The average molecular weight is 407 g/mol. The van der Waals surface area contributed by atoms with Gasteiger partial charge in [0.2, 0.25) is 0 Å². The van der Waals surface area contributed by atoms with E-state index in [0.29, 0.717) is 23.5 Å². The van der Waals surface area contributed by atoms with Crippen LogP contribution in [0.1, 0.15) is 33.2 Å². The minimum absolute atomic E-state index is 0.211. The molecule has 0 aliphatic rings. The van der Waals surface area contributed by atoms with Crippen LogP contribution in [0.3, 0.4) is 0 Å². The molecule has 0 fully saturated rings. The predicted octanol–water partition coefficient (Wildman–Crippen LogP) is 3.60. The van der Waals surface area contributed by atoms with Gasteiger partial charge in [-0.2, -0.15) is 5.10 Å². The molecule has 3 rings (SSSR count). The highest BCUT2D eigenvalue weighted by Crippen LogP contribution is 2.29. The Hall–Kier alpha value is -4.07. The lowest BCUT2D eigenvalue weighted by Crippen LogP contribution is -2.17. The number of nitrogens with one attached hydrogen (secondary N) is 1. The van der Waals surface area contributed by atoms with Gasteiger partial charge < -0.3 is 9.47 Å². The molecule has 0 aliphatic heterocycles. The molecule has 1 amide bonds. The number of halogens is 1. The molecule has 0 atom stereocenters. The summed E-state index contributed by atoms with van der Waals surface area (Å²) in [7, 11) is 0. The fraction of sp³-hybridized carbons (Fsp3) is 0.0909. The largest absolute Gasteiger partial charge is 0.490 e. The van der Waals surface area contributed by atoms with Crippen molar-refractivity contribution >= 4 is 18.1 Å². The number of ether oxygens (including phenoxy) is 2. The lowest BCUT2D eigenvalue weighted by molar-refractivity contribution is 0.0728. The van der Waals surface area contributed by atoms with Crippen molar-refractivity contribution in [3.63, 3.8) is 0 Å². The van der Waals surface area contributed by atoms with Gasteiger partial charge in [0, 0.05) is 18.0 Å². The van der Waals surface area contributed by atoms with E-state index in [0.717, 1.165) is 0 Å². The van der Waals surface area contributed by atoms with Crippen LogP contribution in [0.15, 0.2) is 72.1 Å². The second kappa shape index (κ2) is 9.92. The van der Waals surface area contributed by atoms with E-state index in [1.54, 1.807) is 37.3 Å². The molecule has 0 unspecified atom stereocenters. The van der Waals surface area contributed by atoms with Gasteiger partial charge in [-0.3, -0.25) is 9.78 Å². The topological polar surface area (TPSA) is 89.9 Å². The lowest BCUT2D eigenvalue weighted by atomic mass is 10.2. The van der Waals surface area contributed by atoms with Gasteiger partial charge in [-0.05, 0) is 67.1 Å². The summed E-state index contributed by atoms with van der Waals surface area (Å²) in [5, 5.41) is 3.92. The van der Waals surface area contributed by atoms with E-state index in [1.807, 2.05) is 0 Å². The Morgan fingerprint density at radius 2 is 1.77 bits per heavy atom. The number of pyridine rings is 1. The normalized spacial score (nSPS) is 10.6. The molecule has 0 saturated heterocycles. The monoisotopic (exact) mass is 407 g/mol. The number of hydrazone groups is 1. The summed E-state index contributed by atoms with van der Waals surface area (Å²) in [5.74, 6) is -0.909. The Bertz CT molecular complexity index is 1050. The summed E-state index contributed by atoms with van der Waals surface area (Å²) in [4.78, 5) is 28.1. The number of hydrogen-bond acceptors (Lipinski definition) is 6. The number of nitrogens with zero attached hydrogens (tertiary/aromatic N) is 2. The maximum Gasteiger partial charge on any atom is 0.343 e. The van der Waals surface area contributed by atoms with Gasteiger partial charge >= 0.3 is 5.97 Å². The second-order valence-electron chi connectivity index (χ2n) is 5.97. The van der Waals surface area contributed by atoms with Crippen molar-refractivity contribution in [3.05, 3.63) is 89.5 Å². The zero-order valence-corrected chi connectivity index (χ0v) is 16.0. The van der Waals surface area contributed by atoms with Crippen molar-refractivity contribution in [2.45, 2.75) is 6.92 Å². The molecule has 0 saturated carbocycles. The fourth-order valence-electron chi connectivity index (χ4n) is 2.44. The van der Waals surface area contributed by atoms with Crippen LogP contribution in [0.2, 0.25) is 0 Å². The summed E-state index contributed by atoms with van der Waals surface area (Å²) in [6.45, 7) is 2.14. The summed E-state index contributed by atoms with van der Waals surface area (Å²) in [6, 6.07) is 13.0. The molecule has 0 spiro atoms. The SMILES string of the molecule is CCOc1cc(/C=N/NC(=O)c2ccncc2)ccc1OC(=O)c1ccc(F)cc1. The molecule has 7 nitrogen and oxygen atoms in total. The molecular weight excluding hydrogens is 389 g/mol. The van der Waals surface area contributed by atoms with Crippen molar-refractivity contribution in [2.24, 2.45) is 5.10 Å². The number of aromatic nitrogens is 1. The second-order valence-corrected chi connectivity index (χ2v) is 5.97. The molecule has 0 bridgehead atoms. The van der Waals surface area contributed by atoms with Crippen molar-refractivity contribution in [3.8, 4) is 11.5 Å². The molecule has 0 radical (unpaired) electrons.